The third kappa shape index (κ3) is 4.56. The zero-order chi connectivity index (χ0) is 26.0. The number of nitrogens with zero attached hydrogens (tertiary/aromatic N) is 3. The van der Waals surface area contributed by atoms with Crippen LogP contribution in [0, 0.1) is 0 Å². The minimum atomic E-state index is -0.633. The molecule has 188 valence electrons. The lowest BCUT2D eigenvalue weighted by atomic mass is 9.97. The predicted molar refractivity (Wildman–Crippen MR) is 143 cm³/mol. The first-order chi connectivity index (χ1) is 17.3. The average Bonchev–Trinajstić information content (AvgIpc) is 2.88. The summed E-state index contributed by atoms with van der Waals surface area (Å²) in [5.41, 5.74) is 0.583. The van der Waals surface area contributed by atoms with Gasteiger partial charge in [0.15, 0.2) is 11.4 Å². The summed E-state index contributed by atoms with van der Waals surface area (Å²) in [6.45, 7) is 8.54. The number of pyridine rings is 1. The van der Waals surface area contributed by atoms with Crippen molar-refractivity contribution in [2.45, 2.75) is 32.4 Å². The Balaban J connectivity index is 2.04. The van der Waals surface area contributed by atoms with E-state index in [1.807, 2.05) is 61.4 Å². The Labute approximate surface area is 219 Å². The normalized spacial score (nSPS) is 20.6. The Bertz CT molecular complexity index is 1350. The number of carbonyl (C=O) groups is 1. The number of carbonyl (C=O) groups excluding carboxylic acids is 1. The summed E-state index contributed by atoms with van der Waals surface area (Å²) >= 11 is 13.0. The van der Waals surface area contributed by atoms with Gasteiger partial charge in [0.1, 0.15) is 30.1 Å². The van der Waals surface area contributed by atoms with Crippen LogP contribution in [0.5, 0.6) is 11.5 Å². The summed E-state index contributed by atoms with van der Waals surface area (Å²) in [6, 6.07) is 3.82. The number of aromatic nitrogens is 1. The molecule has 9 heteroatoms. The highest BCUT2D eigenvalue weighted by molar-refractivity contribution is 6.43. The van der Waals surface area contributed by atoms with E-state index in [9.17, 15) is 14.7 Å². The van der Waals surface area contributed by atoms with Gasteiger partial charge < -0.3 is 14.7 Å². The molecular weight excluding hydrogens is 501 g/mol. The molecule has 0 radical (unpaired) electrons. The third-order valence-electron chi connectivity index (χ3n) is 6.23. The first kappa shape index (κ1) is 25.7. The number of rotatable bonds is 4. The molecule has 0 unspecified atom stereocenters. The zero-order valence-electron chi connectivity index (χ0n) is 20.0. The van der Waals surface area contributed by atoms with E-state index in [-0.39, 0.29) is 30.0 Å². The zero-order valence-corrected chi connectivity index (χ0v) is 21.5. The molecule has 0 spiro atoms. The van der Waals surface area contributed by atoms with Crippen molar-refractivity contribution in [3.05, 3.63) is 105 Å². The molecule has 7 nitrogen and oxygen atoms in total. The van der Waals surface area contributed by atoms with Crippen molar-refractivity contribution in [3.8, 4) is 11.5 Å². The summed E-state index contributed by atoms with van der Waals surface area (Å²) in [5, 5.41) is 13.2. The first-order valence-electron chi connectivity index (χ1n) is 11.6. The van der Waals surface area contributed by atoms with E-state index in [1.54, 1.807) is 11.0 Å². The predicted octanol–water partition coefficient (Wildman–Crippen LogP) is 5.37. The molecule has 2 aliphatic heterocycles. The standard InChI is InChI=1S/C27H27Cl2N3O4/c1-4-6-7-9-17(3)23-19-11-12-20(28)22(29)26(19)36-15-8-10-18(5-2)30-16-32(23)31-14-13-21(33)25(34)24(31)27(30)35/h4,6-14,18,23,34H,3,5,15-16H2,1-2H3/b6-4-,9-7-,10-8+/t18-,23+/m0/s1. The number of hydrogen-bond donors (Lipinski definition) is 1. The lowest BCUT2D eigenvalue weighted by Crippen LogP contribution is -2.57. The van der Waals surface area contributed by atoms with Gasteiger partial charge in [-0.1, -0.05) is 73.2 Å². The van der Waals surface area contributed by atoms with Crippen LogP contribution >= 0.6 is 23.2 Å². The van der Waals surface area contributed by atoms with Crippen molar-refractivity contribution >= 4 is 29.1 Å². The lowest BCUT2D eigenvalue weighted by Gasteiger charge is -2.46. The molecule has 2 aliphatic rings. The Morgan fingerprint density at radius 1 is 1.25 bits per heavy atom. The maximum atomic E-state index is 13.6. The highest BCUT2D eigenvalue weighted by atomic mass is 35.5. The van der Waals surface area contributed by atoms with Gasteiger partial charge in [-0.15, -0.1) is 0 Å². The minimum absolute atomic E-state index is 0.113. The minimum Gasteiger partial charge on any atom is -0.502 e. The molecule has 2 atom stereocenters. The number of aromatic hydroxyl groups is 1. The van der Waals surface area contributed by atoms with Gasteiger partial charge in [0.2, 0.25) is 5.43 Å². The van der Waals surface area contributed by atoms with Crippen LogP contribution in [0.25, 0.3) is 0 Å². The third-order valence-corrected chi connectivity index (χ3v) is 7.02. The van der Waals surface area contributed by atoms with Crippen LogP contribution < -0.4 is 15.2 Å². The van der Waals surface area contributed by atoms with Crippen LogP contribution in [0.3, 0.4) is 0 Å². The molecule has 0 fully saturated rings. The summed E-state index contributed by atoms with van der Waals surface area (Å²) in [6.07, 6.45) is 13.3. The molecule has 2 aromatic rings. The summed E-state index contributed by atoms with van der Waals surface area (Å²) < 4.78 is 7.62. The number of amides is 1. The Hall–Kier alpha value is -3.42. The van der Waals surface area contributed by atoms with E-state index in [4.69, 9.17) is 27.9 Å². The van der Waals surface area contributed by atoms with E-state index in [0.717, 1.165) is 0 Å². The fraction of sp³-hybridized carbons (Fsp3) is 0.259. The van der Waals surface area contributed by atoms with Gasteiger partial charge in [-0.2, -0.15) is 0 Å². The topological polar surface area (TPSA) is 75.0 Å². The summed E-state index contributed by atoms with van der Waals surface area (Å²) in [4.78, 5) is 27.6. The molecule has 3 heterocycles. The van der Waals surface area contributed by atoms with Crippen molar-refractivity contribution in [1.29, 1.82) is 0 Å². The molecule has 0 saturated heterocycles. The molecule has 1 aromatic heterocycles. The monoisotopic (exact) mass is 527 g/mol. The maximum Gasteiger partial charge on any atom is 0.278 e. The van der Waals surface area contributed by atoms with Gasteiger partial charge in [0.25, 0.3) is 5.91 Å². The largest absolute Gasteiger partial charge is 0.502 e. The number of ether oxygens (including phenoxy) is 1. The van der Waals surface area contributed by atoms with Gasteiger partial charge in [-0.05, 0) is 31.1 Å². The molecule has 1 N–H and O–H groups in total. The average molecular weight is 528 g/mol. The van der Waals surface area contributed by atoms with E-state index >= 15 is 0 Å². The van der Waals surface area contributed by atoms with E-state index < -0.39 is 23.1 Å². The van der Waals surface area contributed by atoms with E-state index in [2.05, 4.69) is 6.58 Å². The second kappa shape index (κ2) is 10.7. The number of fused-ring (bicyclic) bond motifs is 5. The van der Waals surface area contributed by atoms with Crippen LogP contribution in [0.1, 0.15) is 42.4 Å². The van der Waals surface area contributed by atoms with Gasteiger partial charge in [0, 0.05) is 17.8 Å². The smallest absolute Gasteiger partial charge is 0.278 e. The van der Waals surface area contributed by atoms with Gasteiger partial charge in [0.05, 0.1) is 11.1 Å². The van der Waals surface area contributed by atoms with Gasteiger partial charge in [-0.25, -0.2) is 0 Å². The van der Waals surface area contributed by atoms with Crippen LogP contribution in [0.4, 0.5) is 0 Å². The molecule has 1 amide bonds. The van der Waals surface area contributed by atoms with Crippen molar-refractivity contribution < 1.29 is 14.6 Å². The van der Waals surface area contributed by atoms with Crippen molar-refractivity contribution in [1.82, 2.24) is 9.58 Å². The highest BCUT2D eigenvalue weighted by Gasteiger charge is 2.39. The van der Waals surface area contributed by atoms with Crippen molar-refractivity contribution in [2.75, 3.05) is 18.3 Å². The number of benzene rings is 1. The Morgan fingerprint density at radius 3 is 2.75 bits per heavy atom. The van der Waals surface area contributed by atoms with E-state index in [0.29, 0.717) is 28.3 Å². The Kier molecular flexibility index (Phi) is 7.62. The first-order valence-corrected chi connectivity index (χ1v) is 12.3. The molecular formula is C27H27Cl2N3O4. The summed E-state index contributed by atoms with van der Waals surface area (Å²) in [7, 11) is 0. The van der Waals surface area contributed by atoms with Crippen molar-refractivity contribution in [2.24, 2.45) is 0 Å². The lowest BCUT2D eigenvalue weighted by molar-refractivity contribution is 0.0626. The SMILES string of the molecule is C=C(/C=C\C=C/C)[C@@H]1c2ccc(Cl)c(Cl)c2OC/C=C/[C@H](CC)N2CN1n1ccc(=O)c(O)c1C2=O. The van der Waals surface area contributed by atoms with Crippen LogP contribution in [0.15, 0.2) is 77.8 Å². The van der Waals surface area contributed by atoms with Crippen LogP contribution in [-0.4, -0.2) is 39.9 Å². The Morgan fingerprint density at radius 2 is 2.03 bits per heavy atom. The number of hydrogen-bond acceptors (Lipinski definition) is 5. The quantitative estimate of drug-likeness (QED) is 0.427. The van der Waals surface area contributed by atoms with Crippen molar-refractivity contribution in [3.63, 3.8) is 0 Å². The van der Waals surface area contributed by atoms with E-state index in [1.165, 1.54) is 16.9 Å². The fourth-order valence-electron chi connectivity index (χ4n) is 4.46. The van der Waals surface area contributed by atoms with Gasteiger partial charge >= 0.3 is 0 Å². The summed E-state index contributed by atoms with van der Waals surface area (Å²) in [5.74, 6) is -0.656. The molecule has 1 aromatic carbocycles. The van der Waals surface area contributed by atoms with Crippen LogP contribution in [-0.2, 0) is 0 Å². The van der Waals surface area contributed by atoms with Gasteiger partial charge in [-0.3, -0.25) is 19.3 Å². The second-order valence-electron chi connectivity index (χ2n) is 8.43. The maximum absolute atomic E-state index is 13.6. The molecule has 2 bridgehead atoms. The molecule has 36 heavy (non-hydrogen) atoms. The fourth-order valence-corrected chi connectivity index (χ4v) is 4.84. The van der Waals surface area contributed by atoms with Crippen LogP contribution in [0.2, 0.25) is 10.0 Å². The molecule has 0 aliphatic carbocycles. The number of allylic oxidation sites excluding steroid dienone is 3. The molecule has 0 saturated carbocycles. The molecule has 4 rings (SSSR count). The highest BCUT2D eigenvalue weighted by Crippen LogP contribution is 2.43. The number of halogens is 2. The second-order valence-corrected chi connectivity index (χ2v) is 9.22.